The summed E-state index contributed by atoms with van der Waals surface area (Å²) in [7, 11) is 1.63. The number of likely N-dealkylation sites (tertiary alicyclic amines) is 2. The van der Waals surface area contributed by atoms with E-state index in [1.807, 2.05) is 4.90 Å². The molecule has 2 saturated heterocycles. The molecule has 7 heteroatoms. The number of aryl methyl sites for hydroxylation is 1. The topological polar surface area (TPSA) is 75.9 Å². The van der Waals surface area contributed by atoms with Crippen molar-refractivity contribution >= 4 is 11.8 Å². The lowest BCUT2D eigenvalue weighted by Gasteiger charge is -2.26. The van der Waals surface area contributed by atoms with Gasteiger partial charge in [0.2, 0.25) is 5.91 Å². The van der Waals surface area contributed by atoms with E-state index in [0.29, 0.717) is 37.7 Å². The van der Waals surface area contributed by atoms with Gasteiger partial charge in [0.05, 0.1) is 12.0 Å². The summed E-state index contributed by atoms with van der Waals surface area (Å²) in [5.41, 5.74) is -0.143. The van der Waals surface area contributed by atoms with E-state index in [-0.39, 0.29) is 17.7 Å². The van der Waals surface area contributed by atoms with E-state index in [2.05, 4.69) is 12.1 Å². The Morgan fingerprint density at radius 2 is 2.35 bits per heavy atom. The molecule has 0 aromatic carbocycles. The van der Waals surface area contributed by atoms with Crippen LogP contribution in [-0.4, -0.2) is 66.7 Å². The molecule has 0 saturated carbocycles. The highest BCUT2D eigenvalue weighted by Gasteiger charge is 2.55. The van der Waals surface area contributed by atoms with Crippen LogP contribution in [0.4, 0.5) is 0 Å². The van der Waals surface area contributed by atoms with Crippen molar-refractivity contribution in [1.82, 2.24) is 15.0 Å². The summed E-state index contributed by atoms with van der Waals surface area (Å²) in [6, 6.07) is 1.64. The summed E-state index contributed by atoms with van der Waals surface area (Å²) in [4.78, 5) is 29.0. The lowest BCUT2D eigenvalue weighted by atomic mass is 9.78. The molecule has 126 valence electrons. The fourth-order valence-corrected chi connectivity index (χ4v) is 3.73. The second-order valence-electron chi connectivity index (χ2n) is 6.60. The van der Waals surface area contributed by atoms with Crippen LogP contribution in [0.3, 0.4) is 0 Å². The predicted molar refractivity (Wildman–Crippen MR) is 81.8 cm³/mol. The molecule has 3 heterocycles. The molecule has 0 N–H and O–H groups in total. The van der Waals surface area contributed by atoms with Gasteiger partial charge >= 0.3 is 0 Å². The second-order valence-corrected chi connectivity index (χ2v) is 6.60. The fourth-order valence-electron chi connectivity index (χ4n) is 3.73. The third-order valence-electron chi connectivity index (χ3n) is 5.15. The Morgan fingerprint density at radius 3 is 3.00 bits per heavy atom. The number of carbonyl (C=O) groups is 2. The minimum absolute atomic E-state index is 0.138. The number of rotatable bonds is 4. The summed E-state index contributed by atoms with van der Waals surface area (Å²) in [6.07, 6.45) is 0.790. The Bertz CT molecular complexity index is 614. The van der Waals surface area contributed by atoms with E-state index in [0.717, 1.165) is 13.0 Å². The van der Waals surface area contributed by atoms with Crippen LogP contribution < -0.4 is 0 Å². The lowest BCUT2D eigenvalue weighted by molar-refractivity contribution is -0.137. The molecule has 0 unspecified atom stereocenters. The zero-order valence-corrected chi connectivity index (χ0v) is 13.9. The highest BCUT2D eigenvalue weighted by atomic mass is 16.5. The average Bonchev–Trinajstić information content (AvgIpc) is 3.19. The maximum Gasteiger partial charge on any atom is 0.276 e. The molecule has 1 aromatic heterocycles. The Balaban J connectivity index is 1.73. The number of hydrogen-bond acceptors (Lipinski definition) is 5. The molecule has 1 spiro atoms. The molecule has 1 aromatic rings. The van der Waals surface area contributed by atoms with E-state index >= 15 is 0 Å². The molecular formula is C16H23N3O4. The van der Waals surface area contributed by atoms with Crippen LogP contribution in [0.15, 0.2) is 10.6 Å². The maximum atomic E-state index is 12.9. The van der Waals surface area contributed by atoms with Crippen LogP contribution in [0.2, 0.25) is 0 Å². The van der Waals surface area contributed by atoms with Gasteiger partial charge in [-0.25, -0.2) is 0 Å². The van der Waals surface area contributed by atoms with Gasteiger partial charge in [-0.1, -0.05) is 12.1 Å². The molecule has 7 nitrogen and oxygen atoms in total. The van der Waals surface area contributed by atoms with E-state index in [1.165, 1.54) is 0 Å². The van der Waals surface area contributed by atoms with E-state index in [1.54, 1.807) is 25.0 Å². The van der Waals surface area contributed by atoms with Crippen molar-refractivity contribution in [3.8, 4) is 0 Å². The molecule has 2 atom stereocenters. The summed E-state index contributed by atoms with van der Waals surface area (Å²) in [6.45, 7) is 6.73. The first-order chi connectivity index (χ1) is 11.0. The van der Waals surface area contributed by atoms with Crippen molar-refractivity contribution in [3.63, 3.8) is 0 Å². The van der Waals surface area contributed by atoms with Crippen molar-refractivity contribution in [2.75, 3.05) is 39.9 Å². The number of carbonyl (C=O) groups excluding carboxylic acids is 2. The van der Waals surface area contributed by atoms with Gasteiger partial charge in [-0.05, 0) is 19.3 Å². The molecule has 3 rings (SSSR count). The number of aromatic nitrogens is 1. The first kappa shape index (κ1) is 16.0. The minimum atomic E-state index is -0.456. The van der Waals surface area contributed by atoms with E-state index in [9.17, 15) is 9.59 Å². The first-order valence-electron chi connectivity index (χ1n) is 7.99. The zero-order chi connectivity index (χ0) is 16.6. The maximum absolute atomic E-state index is 12.9. The van der Waals surface area contributed by atoms with Crippen LogP contribution in [0.25, 0.3) is 0 Å². The van der Waals surface area contributed by atoms with Crippen molar-refractivity contribution in [1.29, 1.82) is 0 Å². The van der Waals surface area contributed by atoms with Crippen LogP contribution in [0, 0.1) is 18.3 Å². The molecule has 2 fully saturated rings. The molecule has 0 radical (unpaired) electrons. The first-order valence-corrected chi connectivity index (χ1v) is 7.99. The number of amides is 2. The van der Waals surface area contributed by atoms with Crippen molar-refractivity contribution in [2.24, 2.45) is 11.3 Å². The fraction of sp³-hybridized carbons (Fsp3) is 0.688. The third kappa shape index (κ3) is 2.63. The standard InChI is InChI=1S/C16H23N3O4/c1-11-9-19(14(20)13-8-12(2)23-17-13)10-16(11)4-5-18(15(16)21)6-7-22-3/h8,11H,4-7,9-10H2,1-3H3/t11-,16+/m0/s1. The molecule has 0 aliphatic carbocycles. The van der Waals surface area contributed by atoms with Gasteiger partial charge in [-0.2, -0.15) is 0 Å². The Kier molecular flexibility index (Phi) is 4.14. The smallest absolute Gasteiger partial charge is 0.276 e. The highest BCUT2D eigenvalue weighted by Crippen LogP contribution is 2.44. The molecule has 2 aliphatic heterocycles. The van der Waals surface area contributed by atoms with Gasteiger partial charge in [-0.3, -0.25) is 9.59 Å². The van der Waals surface area contributed by atoms with Crippen LogP contribution >= 0.6 is 0 Å². The van der Waals surface area contributed by atoms with Crippen molar-refractivity contribution in [3.05, 3.63) is 17.5 Å². The summed E-state index contributed by atoms with van der Waals surface area (Å²) >= 11 is 0. The van der Waals surface area contributed by atoms with Crippen molar-refractivity contribution < 1.29 is 18.8 Å². The zero-order valence-electron chi connectivity index (χ0n) is 13.9. The Hall–Kier alpha value is -1.89. The van der Waals surface area contributed by atoms with Crippen LogP contribution in [0.1, 0.15) is 29.6 Å². The number of ether oxygens (including phenoxy) is 1. The lowest BCUT2D eigenvalue weighted by Crippen LogP contribution is -2.41. The molecule has 0 bridgehead atoms. The van der Waals surface area contributed by atoms with E-state index in [4.69, 9.17) is 9.26 Å². The largest absolute Gasteiger partial charge is 0.383 e. The number of methoxy groups -OCH3 is 1. The predicted octanol–water partition coefficient (Wildman–Crippen LogP) is 0.940. The number of hydrogen-bond donors (Lipinski definition) is 0. The van der Waals surface area contributed by atoms with Gasteiger partial charge in [0.15, 0.2) is 5.69 Å². The molecule has 23 heavy (non-hydrogen) atoms. The normalized spacial score (nSPS) is 27.4. The molecular weight excluding hydrogens is 298 g/mol. The van der Waals surface area contributed by atoms with Gasteiger partial charge in [0.25, 0.3) is 5.91 Å². The summed E-state index contributed by atoms with van der Waals surface area (Å²) in [5, 5.41) is 3.80. The summed E-state index contributed by atoms with van der Waals surface area (Å²) < 4.78 is 10.1. The minimum Gasteiger partial charge on any atom is -0.383 e. The average molecular weight is 321 g/mol. The monoisotopic (exact) mass is 321 g/mol. The second kappa shape index (κ2) is 5.96. The van der Waals surface area contributed by atoms with Crippen molar-refractivity contribution in [2.45, 2.75) is 20.3 Å². The number of nitrogens with zero attached hydrogens (tertiary/aromatic N) is 3. The summed E-state index contributed by atoms with van der Waals surface area (Å²) in [5.74, 6) is 0.736. The van der Waals surface area contributed by atoms with Crippen LogP contribution in [0.5, 0.6) is 0 Å². The molecule has 2 aliphatic rings. The third-order valence-corrected chi connectivity index (χ3v) is 5.15. The SMILES string of the molecule is COCCN1CC[C@]2(CN(C(=O)c3cc(C)on3)C[C@@H]2C)C1=O. The van der Waals surface area contributed by atoms with Gasteiger partial charge < -0.3 is 19.1 Å². The van der Waals surface area contributed by atoms with Gasteiger partial charge in [-0.15, -0.1) is 0 Å². The Labute approximate surface area is 135 Å². The highest BCUT2D eigenvalue weighted by molar-refractivity contribution is 5.94. The van der Waals surface area contributed by atoms with Gasteiger partial charge in [0.1, 0.15) is 5.76 Å². The van der Waals surface area contributed by atoms with Crippen LogP contribution in [-0.2, 0) is 9.53 Å². The Morgan fingerprint density at radius 1 is 1.57 bits per heavy atom. The van der Waals surface area contributed by atoms with Gasteiger partial charge in [0, 0.05) is 39.4 Å². The molecule has 2 amide bonds. The quantitative estimate of drug-likeness (QED) is 0.825. The van der Waals surface area contributed by atoms with E-state index < -0.39 is 5.41 Å².